The van der Waals surface area contributed by atoms with Crippen LogP contribution in [0.4, 0.5) is 0 Å². The Bertz CT molecular complexity index is 240. The fourth-order valence-corrected chi connectivity index (χ4v) is 2.57. The van der Waals surface area contributed by atoms with E-state index in [1.165, 1.54) is 25.9 Å². The minimum atomic E-state index is -0.200. The molecule has 0 bridgehead atoms. The first kappa shape index (κ1) is 11.8. The third-order valence-corrected chi connectivity index (χ3v) is 3.58. The molecule has 16 heavy (non-hydrogen) atoms. The van der Waals surface area contributed by atoms with Crippen LogP contribution in [0.1, 0.15) is 12.8 Å². The number of primary amides is 1. The molecule has 2 heterocycles. The molecule has 1 amide bonds. The predicted octanol–water partition coefficient (Wildman–Crippen LogP) is -1.16. The number of likely N-dealkylation sites (tertiary alicyclic amines) is 1. The molecular weight excluding hydrogens is 204 g/mol. The van der Waals surface area contributed by atoms with E-state index in [1.54, 1.807) is 0 Å². The zero-order valence-electron chi connectivity index (χ0n) is 9.82. The van der Waals surface area contributed by atoms with Gasteiger partial charge in [-0.15, -0.1) is 0 Å². The summed E-state index contributed by atoms with van der Waals surface area (Å²) in [7, 11) is 0. The number of nitrogens with two attached hydrogens (primary N) is 1. The van der Waals surface area contributed by atoms with Gasteiger partial charge in [0.15, 0.2) is 0 Å². The Labute approximate surface area is 96.9 Å². The second-order valence-corrected chi connectivity index (χ2v) is 4.71. The smallest absolute Gasteiger partial charge is 0.236 e. The van der Waals surface area contributed by atoms with Crippen LogP contribution in [0.2, 0.25) is 0 Å². The second kappa shape index (κ2) is 5.61. The summed E-state index contributed by atoms with van der Waals surface area (Å²) in [5.41, 5.74) is 5.41. The van der Waals surface area contributed by atoms with Gasteiger partial charge in [0.1, 0.15) is 6.04 Å². The van der Waals surface area contributed by atoms with E-state index in [0.29, 0.717) is 6.54 Å². The lowest BCUT2D eigenvalue weighted by atomic mass is 10.2. The Morgan fingerprint density at radius 3 is 2.69 bits per heavy atom. The van der Waals surface area contributed by atoms with Gasteiger partial charge in [0, 0.05) is 32.7 Å². The lowest BCUT2D eigenvalue weighted by Crippen LogP contribution is -2.58. The molecule has 1 unspecified atom stereocenters. The van der Waals surface area contributed by atoms with E-state index in [2.05, 4.69) is 15.1 Å². The Balaban J connectivity index is 1.78. The monoisotopic (exact) mass is 226 g/mol. The molecule has 0 aromatic rings. The zero-order valence-corrected chi connectivity index (χ0v) is 9.82. The topological polar surface area (TPSA) is 61.6 Å². The van der Waals surface area contributed by atoms with E-state index in [1.807, 2.05) is 0 Å². The number of hydrogen-bond donors (Lipinski definition) is 2. The number of amides is 1. The van der Waals surface area contributed by atoms with E-state index in [4.69, 9.17) is 5.73 Å². The van der Waals surface area contributed by atoms with Crippen molar-refractivity contribution in [2.45, 2.75) is 18.9 Å². The standard InChI is InChI=1S/C11H22N4O/c12-11(16)10-9-13-3-6-15(10)8-7-14-4-1-2-5-14/h10,13H,1-9H2,(H2,12,16). The van der Waals surface area contributed by atoms with Crippen molar-refractivity contribution in [1.29, 1.82) is 0 Å². The zero-order chi connectivity index (χ0) is 11.4. The lowest BCUT2D eigenvalue weighted by molar-refractivity contribution is -0.123. The van der Waals surface area contributed by atoms with E-state index in [0.717, 1.165) is 26.2 Å². The number of piperazine rings is 1. The van der Waals surface area contributed by atoms with Crippen molar-refractivity contribution >= 4 is 5.91 Å². The second-order valence-electron chi connectivity index (χ2n) is 4.71. The Kier molecular flexibility index (Phi) is 4.15. The molecule has 0 spiro atoms. The molecule has 5 nitrogen and oxygen atoms in total. The number of nitrogens with zero attached hydrogens (tertiary/aromatic N) is 2. The van der Waals surface area contributed by atoms with Crippen molar-refractivity contribution < 1.29 is 4.79 Å². The van der Waals surface area contributed by atoms with Gasteiger partial charge in [-0.05, 0) is 25.9 Å². The van der Waals surface area contributed by atoms with Gasteiger partial charge in [-0.1, -0.05) is 0 Å². The van der Waals surface area contributed by atoms with Crippen molar-refractivity contribution in [3.05, 3.63) is 0 Å². The minimum Gasteiger partial charge on any atom is -0.368 e. The third kappa shape index (κ3) is 2.93. The van der Waals surface area contributed by atoms with E-state index >= 15 is 0 Å². The summed E-state index contributed by atoms with van der Waals surface area (Å²) in [6.45, 7) is 7.07. The maximum Gasteiger partial charge on any atom is 0.236 e. The van der Waals surface area contributed by atoms with Crippen LogP contribution in [-0.4, -0.2) is 67.6 Å². The van der Waals surface area contributed by atoms with Gasteiger partial charge in [-0.3, -0.25) is 9.69 Å². The van der Waals surface area contributed by atoms with Crippen LogP contribution in [0.5, 0.6) is 0 Å². The fraction of sp³-hybridized carbons (Fsp3) is 0.909. The summed E-state index contributed by atoms with van der Waals surface area (Å²) in [5.74, 6) is -0.200. The maximum atomic E-state index is 11.3. The SMILES string of the molecule is NC(=O)C1CNCCN1CCN1CCCC1. The third-order valence-electron chi connectivity index (χ3n) is 3.58. The van der Waals surface area contributed by atoms with Gasteiger partial charge >= 0.3 is 0 Å². The van der Waals surface area contributed by atoms with E-state index in [-0.39, 0.29) is 11.9 Å². The first-order valence-corrected chi connectivity index (χ1v) is 6.24. The summed E-state index contributed by atoms with van der Waals surface area (Å²) >= 11 is 0. The van der Waals surface area contributed by atoms with Crippen LogP contribution in [0.25, 0.3) is 0 Å². The largest absolute Gasteiger partial charge is 0.368 e. The minimum absolute atomic E-state index is 0.114. The van der Waals surface area contributed by atoms with Crippen LogP contribution < -0.4 is 11.1 Å². The average Bonchev–Trinajstić information content (AvgIpc) is 2.79. The molecule has 2 aliphatic rings. The summed E-state index contributed by atoms with van der Waals surface area (Å²) in [6.07, 6.45) is 2.64. The van der Waals surface area contributed by atoms with Crippen LogP contribution >= 0.6 is 0 Å². The number of hydrogen-bond acceptors (Lipinski definition) is 4. The van der Waals surface area contributed by atoms with Gasteiger partial charge in [-0.25, -0.2) is 0 Å². The van der Waals surface area contributed by atoms with Crippen molar-refractivity contribution in [2.75, 3.05) is 45.8 Å². The molecule has 2 aliphatic heterocycles. The highest BCUT2D eigenvalue weighted by molar-refractivity contribution is 5.80. The summed E-state index contributed by atoms with van der Waals surface area (Å²) in [4.78, 5) is 16.0. The van der Waals surface area contributed by atoms with Crippen molar-refractivity contribution in [1.82, 2.24) is 15.1 Å². The molecule has 2 saturated heterocycles. The maximum absolute atomic E-state index is 11.3. The van der Waals surface area contributed by atoms with Crippen LogP contribution in [0, 0.1) is 0 Å². The Morgan fingerprint density at radius 2 is 2.00 bits per heavy atom. The summed E-state index contributed by atoms with van der Waals surface area (Å²) in [5, 5.41) is 3.22. The molecule has 5 heteroatoms. The van der Waals surface area contributed by atoms with Crippen LogP contribution in [0.15, 0.2) is 0 Å². The predicted molar refractivity (Wildman–Crippen MR) is 63.1 cm³/mol. The number of rotatable bonds is 4. The molecule has 2 fully saturated rings. The highest BCUT2D eigenvalue weighted by Gasteiger charge is 2.26. The molecule has 0 aliphatic carbocycles. The number of carbonyl (C=O) groups is 1. The lowest BCUT2D eigenvalue weighted by Gasteiger charge is -2.35. The van der Waals surface area contributed by atoms with Gasteiger partial charge in [0.25, 0.3) is 0 Å². The van der Waals surface area contributed by atoms with Gasteiger partial charge in [0.05, 0.1) is 0 Å². The highest BCUT2D eigenvalue weighted by atomic mass is 16.1. The Morgan fingerprint density at radius 1 is 1.25 bits per heavy atom. The van der Waals surface area contributed by atoms with Crippen molar-refractivity contribution in [3.8, 4) is 0 Å². The van der Waals surface area contributed by atoms with Crippen LogP contribution in [0.3, 0.4) is 0 Å². The molecule has 0 aromatic heterocycles. The highest BCUT2D eigenvalue weighted by Crippen LogP contribution is 2.08. The molecule has 0 aromatic carbocycles. The van der Waals surface area contributed by atoms with Gasteiger partial charge in [0.2, 0.25) is 5.91 Å². The molecule has 2 rings (SSSR count). The van der Waals surface area contributed by atoms with Gasteiger partial charge in [-0.2, -0.15) is 0 Å². The van der Waals surface area contributed by atoms with E-state index < -0.39 is 0 Å². The molecule has 3 N–H and O–H groups in total. The van der Waals surface area contributed by atoms with Crippen molar-refractivity contribution in [2.24, 2.45) is 5.73 Å². The quantitative estimate of drug-likeness (QED) is 0.635. The molecule has 0 saturated carbocycles. The first-order valence-electron chi connectivity index (χ1n) is 6.24. The Hall–Kier alpha value is -0.650. The number of nitrogens with one attached hydrogen (secondary N) is 1. The van der Waals surface area contributed by atoms with Crippen molar-refractivity contribution in [3.63, 3.8) is 0 Å². The first-order chi connectivity index (χ1) is 7.77. The van der Waals surface area contributed by atoms with Crippen LogP contribution in [-0.2, 0) is 4.79 Å². The average molecular weight is 226 g/mol. The molecule has 0 radical (unpaired) electrons. The normalized spacial score (nSPS) is 28.4. The summed E-state index contributed by atoms with van der Waals surface area (Å²) < 4.78 is 0. The van der Waals surface area contributed by atoms with E-state index in [9.17, 15) is 4.79 Å². The summed E-state index contributed by atoms with van der Waals surface area (Å²) in [6, 6.07) is -0.114. The molecule has 92 valence electrons. The number of carbonyl (C=O) groups excluding carboxylic acids is 1. The fourth-order valence-electron chi connectivity index (χ4n) is 2.57. The molecule has 1 atom stereocenters. The van der Waals surface area contributed by atoms with Gasteiger partial charge < -0.3 is 16.0 Å². The molecular formula is C11H22N4O.